The lowest BCUT2D eigenvalue weighted by Gasteiger charge is -2.06. The summed E-state index contributed by atoms with van der Waals surface area (Å²) in [4.78, 5) is 19.5. The van der Waals surface area contributed by atoms with Crippen molar-refractivity contribution in [2.45, 2.75) is 13.5 Å². The Hall–Kier alpha value is -2.44. The number of hydrogen-bond acceptors (Lipinski definition) is 7. The summed E-state index contributed by atoms with van der Waals surface area (Å²) in [6.07, 6.45) is 1.26. The second-order valence-electron chi connectivity index (χ2n) is 3.52. The zero-order chi connectivity index (χ0) is 13.0. The number of aromatic nitrogens is 3. The first-order valence-corrected chi connectivity index (χ1v) is 5.26. The van der Waals surface area contributed by atoms with E-state index in [-0.39, 0.29) is 0 Å². The van der Waals surface area contributed by atoms with Crippen LogP contribution in [0, 0.1) is 6.92 Å². The van der Waals surface area contributed by atoms with Crippen LogP contribution in [0.1, 0.15) is 21.9 Å². The normalized spacial score (nSPS) is 10.1. The first-order valence-electron chi connectivity index (χ1n) is 5.26. The maximum Gasteiger partial charge on any atom is 0.339 e. The molecule has 0 fully saturated rings. The third kappa shape index (κ3) is 2.62. The number of rotatable bonds is 4. The second-order valence-corrected chi connectivity index (χ2v) is 3.52. The molecule has 7 nitrogen and oxygen atoms in total. The van der Waals surface area contributed by atoms with Crippen molar-refractivity contribution < 1.29 is 14.1 Å². The van der Waals surface area contributed by atoms with E-state index in [2.05, 4.69) is 29.7 Å². The van der Waals surface area contributed by atoms with Crippen molar-refractivity contribution in [3.05, 3.63) is 35.6 Å². The summed E-state index contributed by atoms with van der Waals surface area (Å²) in [7, 11) is 1.34. The molecular formula is C11H12N4O3. The van der Waals surface area contributed by atoms with E-state index in [0.717, 1.165) is 0 Å². The van der Waals surface area contributed by atoms with E-state index < -0.39 is 5.97 Å². The SMILES string of the molecule is COC(=O)c1ccc(NCc2ncon2)nc1C. The molecule has 0 saturated carbocycles. The van der Waals surface area contributed by atoms with Gasteiger partial charge in [0.1, 0.15) is 5.82 Å². The Labute approximate surface area is 103 Å². The van der Waals surface area contributed by atoms with Crippen molar-refractivity contribution in [2.24, 2.45) is 0 Å². The summed E-state index contributed by atoms with van der Waals surface area (Å²) in [6.45, 7) is 2.15. The van der Waals surface area contributed by atoms with Crippen LogP contribution >= 0.6 is 0 Å². The molecule has 18 heavy (non-hydrogen) atoms. The fraction of sp³-hybridized carbons (Fsp3) is 0.273. The number of hydrogen-bond donors (Lipinski definition) is 1. The Morgan fingerprint density at radius 1 is 1.50 bits per heavy atom. The van der Waals surface area contributed by atoms with Crippen LogP contribution in [0.3, 0.4) is 0 Å². The number of nitrogens with one attached hydrogen (secondary N) is 1. The number of carbonyl (C=O) groups excluding carboxylic acids is 1. The van der Waals surface area contributed by atoms with E-state index in [1.54, 1.807) is 19.1 Å². The van der Waals surface area contributed by atoms with Gasteiger partial charge in [0.2, 0.25) is 6.39 Å². The molecule has 0 aliphatic carbocycles. The Balaban J connectivity index is 2.07. The number of pyridine rings is 1. The van der Waals surface area contributed by atoms with Gasteiger partial charge >= 0.3 is 5.97 Å². The molecule has 0 aliphatic rings. The van der Waals surface area contributed by atoms with Gasteiger partial charge < -0.3 is 14.6 Å². The van der Waals surface area contributed by atoms with Gasteiger partial charge in [0.15, 0.2) is 5.82 Å². The molecule has 2 rings (SSSR count). The molecule has 7 heteroatoms. The lowest BCUT2D eigenvalue weighted by atomic mass is 10.2. The molecule has 2 heterocycles. The molecule has 0 aromatic carbocycles. The summed E-state index contributed by atoms with van der Waals surface area (Å²) >= 11 is 0. The van der Waals surface area contributed by atoms with E-state index >= 15 is 0 Å². The predicted octanol–water partition coefficient (Wildman–Crippen LogP) is 1.17. The van der Waals surface area contributed by atoms with Crippen LogP contribution in [-0.2, 0) is 11.3 Å². The average molecular weight is 248 g/mol. The summed E-state index contributed by atoms with van der Waals surface area (Å²) in [5.41, 5.74) is 1.04. The lowest BCUT2D eigenvalue weighted by molar-refractivity contribution is 0.0599. The minimum Gasteiger partial charge on any atom is -0.465 e. The van der Waals surface area contributed by atoms with Crippen molar-refractivity contribution in [2.75, 3.05) is 12.4 Å². The van der Waals surface area contributed by atoms with Crippen LogP contribution in [0.25, 0.3) is 0 Å². The third-order valence-corrected chi connectivity index (χ3v) is 2.33. The van der Waals surface area contributed by atoms with E-state index in [1.807, 2.05) is 0 Å². The fourth-order valence-corrected chi connectivity index (χ4v) is 1.43. The highest BCUT2D eigenvalue weighted by Gasteiger charge is 2.10. The quantitative estimate of drug-likeness (QED) is 0.812. The Morgan fingerprint density at radius 2 is 2.33 bits per heavy atom. The summed E-state index contributed by atoms with van der Waals surface area (Å²) in [5, 5.41) is 6.69. The molecule has 0 aliphatic heterocycles. The van der Waals surface area contributed by atoms with Gasteiger partial charge in [-0.2, -0.15) is 4.98 Å². The Bertz CT molecular complexity index is 539. The zero-order valence-electron chi connectivity index (χ0n) is 10.0. The highest BCUT2D eigenvalue weighted by molar-refractivity contribution is 5.90. The second kappa shape index (κ2) is 5.26. The highest BCUT2D eigenvalue weighted by Crippen LogP contribution is 2.12. The van der Waals surface area contributed by atoms with Gasteiger partial charge in [0, 0.05) is 0 Å². The van der Waals surface area contributed by atoms with Crippen LogP contribution in [-0.4, -0.2) is 28.2 Å². The molecule has 0 spiro atoms. The van der Waals surface area contributed by atoms with Gasteiger partial charge in [-0.1, -0.05) is 5.16 Å². The van der Waals surface area contributed by atoms with Gasteiger partial charge in [0.05, 0.1) is 24.9 Å². The molecule has 0 unspecified atom stereocenters. The van der Waals surface area contributed by atoms with Crippen LogP contribution in [0.2, 0.25) is 0 Å². The van der Waals surface area contributed by atoms with Gasteiger partial charge in [-0.25, -0.2) is 9.78 Å². The third-order valence-electron chi connectivity index (χ3n) is 2.33. The van der Waals surface area contributed by atoms with Crippen LogP contribution in [0.15, 0.2) is 23.0 Å². The average Bonchev–Trinajstić information content (AvgIpc) is 2.88. The number of aryl methyl sites for hydroxylation is 1. The zero-order valence-corrected chi connectivity index (χ0v) is 10.0. The standard InChI is InChI=1S/C11H12N4O3/c1-7-8(11(16)17-2)3-4-9(14-7)12-5-10-13-6-18-15-10/h3-4,6H,5H2,1-2H3,(H,12,14). The van der Waals surface area contributed by atoms with Gasteiger partial charge in [-0.15, -0.1) is 0 Å². The van der Waals surface area contributed by atoms with Gasteiger partial charge in [-0.3, -0.25) is 0 Å². The minimum absolute atomic E-state index is 0.398. The minimum atomic E-state index is -0.398. The number of anilines is 1. The molecule has 0 saturated heterocycles. The smallest absolute Gasteiger partial charge is 0.339 e. The largest absolute Gasteiger partial charge is 0.465 e. The Kier molecular flexibility index (Phi) is 3.52. The van der Waals surface area contributed by atoms with E-state index in [4.69, 9.17) is 0 Å². The topological polar surface area (TPSA) is 90.1 Å². The van der Waals surface area contributed by atoms with Gasteiger partial charge in [-0.05, 0) is 19.1 Å². The van der Waals surface area contributed by atoms with Crippen LogP contribution < -0.4 is 5.32 Å². The monoisotopic (exact) mass is 248 g/mol. The van der Waals surface area contributed by atoms with E-state index in [1.165, 1.54) is 13.5 Å². The molecular weight excluding hydrogens is 236 g/mol. The van der Waals surface area contributed by atoms with Crippen molar-refractivity contribution in [1.82, 2.24) is 15.1 Å². The Morgan fingerprint density at radius 3 is 2.94 bits per heavy atom. The first kappa shape index (κ1) is 12.0. The van der Waals surface area contributed by atoms with Gasteiger partial charge in [0.25, 0.3) is 0 Å². The molecule has 0 radical (unpaired) electrons. The maximum absolute atomic E-state index is 11.4. The number of carbonyl (C=O) groups is 1. The first-order chi connectivity index (χ1) is 8.70. The van der Waals surface area contributed by atoms with Crippen molar-refractivity contribution in [3.8, 4) is 0 Å². The molecule has 2 aromatic rings. The molecule has 0 bridgehead atoms. The maximum atomic E-state index is 11.4. The summed E-state index contributed by atoms with van der Waals surface area (Å²) in [6, 6.07) is 3.35. The van der Waals surface area contributed by atoms with Crippen molar-refractivity contribution >= 4 is 11.8 Å². The van der Waals surface area contributed by atoms with Crippen molar-refractivity contribution in [1.29, 1.82) is 0 Å². The number of ether oxygens (including phenoxy) is 1. The molecule has 2 aromatic heterocycles. The molecule has 1 N–H and O–H groups in total. The van der Waals surface area contributed by atoms with E-state index in [9.17, 15) is 4.79 Å². The molecule has 0 atom stereocenters. The van der Waals surface area contributed by atoms with Crippen LogP contribution in [0.5, 0.6) is 0 Å². The number of esters is 1. The number of nitrogens with zero attached hydrogens (tertiary/aromatic N) is 3. The summed E-state index contributed by atoms with van der Waals surface area (Å²) in [5.74, 6) is 0.765. The van der Waals surface area contributed by atoms with Crippen LogP contribution in [0.4, 0.5) is 5.82 Å². The highest BCUT2D eigenvalue weighted by atomic mass is 16.5. The van der Waals surface area contributed by atoms with Crippen molar-refractivity contribution in [3.63, 3.8) is 0 Å². The fourth-order valence-electron chi connectivity index (χ4n) is 1.43. The predicted molar refractivity (Wildman–Crippen MR) is 61.9 cm³/mol. The van der Waals surface area contributed by atoms with E-state index in [0.29, 0.717) is 29.4 Å². The number of methoxy groups -OCH3 is 1. The molecule has 0 amide bonds. The molecule has 94 valence electrons. The summed E-state index contributed by atoms with van der Waals surface area (Å²) < 4.78 is 9.25. The lowest BCUT2D eigenvalue weighted by Crippen LogP contribution is -2.08.